The normalized spacial score (nSPS) is 12.1. The molecule has 0 radical (unpaired) electrons. The number of nitrogens with zero attached hydrogens (tertiary/aromatic N) is 4. The van der Waals surface area contributed by atoms with Crippen molar-refractivity contribution in [3.8, 4) is 0 Å². The van der Waals surface area contributed by atoms with Crippen LogP contribution in [0.15, 0.2) is 35.3 Å². The van der Waals surface area contributed by atoms with Gasteiger partial charge in [-0.2, -0.15) is 18.2 Å². The lowest BCUT2D eigenvalue weighted by Crippen LogP contribution is -2.53. The van der Waals surface area contributed by atoms with Crippen LogP contribution in [0.3, 0.4) is 0 Å². The van der Waals surface area contributed by atoms with Crippen molar-refractivity contribution < 1.29 is 42.6 Å². The van der Waals surface area contributed by atoms with Gasteiger partial charge < -0.3 is 21.3 Å². The zero-order chi connectivity index (χ0) is 28.2. The number of benzene rings is 1. The molecule has 2 aromatic heterocycles. The van der Waals surface area contributed by atoms with Gasteiger partial charge >= 0.3 is 24.0 Å². The first-order chi connectivity index (χ1) is 17.8. The molecule has 0 bridgehead atoms. The van der Waals surface area contributed by atoms with Crippen LogP contribution >= 0.6 is 0 Å². The molecule has 38 heavy (non-hydrogen) atoms. The average molecular weight is 537 g/mol. The van der Waals surface area contributed by atoms with Crippen LogP contribution in [-0.2, 0) is 20.9 Å². The Morgan fingerprint density at radius 2 is 1.76 bits per heavy atom. The quantitative estimate of drug-likeness (QED) is 0.255. The molecule has 2 amide bonds. The molecule has 3 rings (SSSR count). The predicted octanol–water partition coefficient (Wildman–Crippen LogP) is 0.756. The third-order valence-corrected chi connectivity index (χ3v) is 5.00. The van der Waals surface area contributed by atoms with Crippen molar-refractivity contribution in [2.24, 2.45) is 0 Å². The number of amides is 2. The second kappa shape index (κ2) is 10.9. The number of imide groups is 1. The van der Waals surface area contributed by atoms with Gasteiger partial charge in [0.15, 0.2) is 11.2 Å². The highest BCUT2D eigenvalue weighted by Crippen LogP contribution is 2.24. The third-order valence-electron chi connectivity index (χ3n) is 5.00. The number of carboxylic acid groups (broad SMARTS) is 2. The van der Waals surface area contributed by atoms with Crippen LogP contribution < -0.4 is 16.6 Å². The third kappa shape index (κ3) is 6.37. The van der Waals surface area contributed by atoms with E-state index in [0.717, 1.165) is 12.1 Å². The Hall–Kier alpha value is -5.09. The number of nitrogens with one attached hydrogen (secondary N) is 2. The molecule has 0 aliphatic heterocycles. The Morgan fingerprint density at radius 1 is 1.11 bits per heavy atom. The minimum absolute atomic E-state index is 0.0228. The van der Waals surface area contributed by atoms with Crippen LogP contribution in [0.4, 0.5) is 24.8 Å². The molecule has 0 spiro atoms. The number of hydrogen-bond donors (Lipinski definition) is 5. The molecular formula is C21H18F3N7O7. The van der Waals surface area contributed by atoms with Gasteiger partial charge in [0.25, 0.3) is 11.5 Å². The first kappa shape index (κ1) is 27.5. The maximum Gasteiger partial charge on any atom is 0.471 e. The lowest BCUT2D eigenvalue weighted by atomic mass is 10.1. The van der Waals surface area contributed by atoms with Gasteiger partial charge in [0.2, 0.25) is 5.95 Å². The molecule has 0 aliphatic carbocycles. The highest BCUT2D eigenvalue weighted by atomic mass is 19.4. The molecule has 200 valence electrons. The number of aromatic nitrogens is 4. The van der Waals surface area contributed by atoms with Crippen LogP contribution in [0.2, 0.25) is 0 Å². The second-order valence-corrected chi connectivity index (χ2v) is 7.68. The molecule has 14 nitrogen and oxygen atoms in total. The number of alkyl halides is 3. The second-order valence-electron chi connectivity index (χ2n) is 7.68. The van der Waals surface area contributed by atoms with Gasteiger partial charge in [-0.25, -0.2) is 14.8 Å². The number of carbonyl (C=O) groups is 4. The summed E-state index contributed by atoms with van der Waals surface area (Å²) in [6, 6.07) is 2.24. The van der Waals surface area contributed by atoms with E-state index in [9.17, 15) is 42.3 Å². The molecule has 2 heterocycles. The SMILES string of the molecule is Nc1nc2ncc(CNc3ccc(C(=O)N(C(=O)C(F)(F)F)C(CCC(=O)O)C(=O)O)cc3)nc2c(=O)[nH]1. The minimum atomic E-state index is -5.60. The number of fused-ring (bicyclic) bond motifs is 1. The fraction of sp³-hybridized carbons (Fsp3) is 0.238. The minimum Gasteiger partial charge on any atom is -0.481 e. The van der Waals surface area contributed by atoms with Gasteiger partial charge in [0, 0.05) is 17.7 Å². The maximum absolute atomic E-state index is 13.2. The van der Waals surface area contributed by atoms with E-state index in [2.05, 4.69) is 25.3 Å². The van der Waals surface area contributed by atoms with Crippen LogP contribution in [-0.4, -0.2) is 71.0 Å². The highest BCUT2D eigenvalue weighted by molar-refractivity contribution is 6.08. The lowest BCUT2D eigenvalue weighted by Gasteiger charge is -2.27. The summed E-state index contributed by atoms with van der Waals surface area (Å²) in [7, 11) is 0. The summed E-state index contributed by atoms with van der Waals surface area (Å²) >= 11 is 0. The Balaban J connectivity index is 1.81. The van der Waals surface area contributed by atoms with Crippen molar-refractivity contribution in [1.82, 2.24) is 24.8 Å². The van der Waals surface area contributed by atoms with Gasteiger partial charge in [-0.1, -0.05) is 0 Å². The number of carboxylic acids is 2. The Bertz CT molecular complexity index is 1460. The largest absolute Gasteiger partial charge is 0.481 e. The van der Waals surface area contributed by atoms with Gasteiger partial charge in [0.05, 0.1) is 18.4 Å². The standard InChI is InChI=1S/C21H18F3N7O7/c22-21(23,24)19(38)31(12(18(36)37)5-6-13(32)33)17(35)9-1-3-10(4-2-9)26-7-11-8-27-15-14(28-11)16(34)30-20(25)29-15/h1-4,8,12,26H,5-7H2,(H,32,33)(H,36,37)(H3,25,27,29,30,34). The molecule has 0 saturated heterocycles. The molecule has 0 aliphatic rings. The van der Waals surface area contributed by atoms with E-state index in [1.54, 1.807) is 0 Å². The van der Waals surface area contributed by atoms with Crippen molar-refractivity contribution in [1.29, 1.82) is 0 Å². The number of H-pyrrole nitrogens is 1. The number of carbonyl (C=O) groups excluding carboxylic acids is 2. The first-order valence-electron chi connectivity index (χ1n) is 10.5. The predicted molar refractivity (Wildman–Crippen MR) is 122 cm³/mol. The maximum atomic E-state index is 13.2. The first-order valence-corrected chi connectivity index (χ1v) is 10.5. The summed E-state index contributed by atoms with van der Waals surface area (Å²) < 4.78 is 39.5. The van der Waals surface area contributed by atoms with E-state index < -0.39 is 64.8 Å². The summed E-state index contributed by atoms with van der Waals surface area (Å²) in [6.45, 7) is 0.0228. The van der Waals surface area contributed by atoms with Gasteiger partial charge in [-0.3, -0.25) is 29.1 Å². The number of hydrogen-bond acceptors (Lipinski definition) is 10. The molecule has 17 heteroatoms. The topological polar surface area (TPSA) is 222 Å². The van der Waals surface area contributed by atoms with Gasteiger partial charge in [-0.05, 0) is 30.7 Å². The van der Waals surface area contributed by atoms with Gasteiger partial charge in [-0.15, -0.1) is 0 Å². The van der Waals surface area contributed by atoms with E-state index in [1.807, 2.05) is 0 Å². The van der Waals surface area contributed by atoms with E-state index in [1.165, 1.54) is 18.3 Å². The van der Waals surface area contributed by atoms with Crippen molar-refractivity contribution in [3.63, 3.8) is 0 Å². The molecular weight excluding hydrogens is 519 g/mol. The van der Waals surface area contributed by atoms with E-state index in [0.29, 0.717) is 11.4 Å². The van der Waals surface area contributed by atoms with Gasteiger partial charge in [0.1, 0.15) is 6.04 Å². The fourth-order valence-corrected chi connectivity index (χ4v) is 3.25. The number of nitrogen functional groups attached to an aromatic ring is 1. The number of rotatable bonds is 9. The molecule has 1 unspecified atom stereocenters. The number of halogens is 3. The molecule has 0 saturated carbocycles. The number of anilines is 2. The molecule has 1 atom stereocenters. The number of nitrogens with two attached hydrogens (primary N) is 1. The van der Waals surface area contributed by atoms with E-state index in [-0.39, 0.29) is 23.7 Å². The summed E-state index contributed by atoms with van der Waals surface area (Å²) in [6.07, 6.45) is -6.11. The van der Waals surface area contributed by atoms with Crippen molar-refractivity contribution in [3.05, 3.63) is 52.1 Å². The lowest BCUT2D eigenvalue weighted by molar-refractivity contribution is -0.186. The average Bonchev–Trinajstić information content (AvgIpc) is 2.84. The highest BCUT2D eigenvalue weighted by Gasteiger charge is 2.49. The van der Waals surface area contributed by atoms with E-state index >= 15 is 0 Å². The van der Waals surface area contributed by atoms with Crippen molar-refractivity contribution >= 4 is 46.6 Å². The monoisotopic (exact) mass is 537 g/mol. The number of aliphatic carboxylic acids is 2. The Morgan fingerprint density at radius 3 is 2.34 bits per heavy atom. The van der Waals surface area contributed by atoms with Crippen LogP contribution in [0, 0.1) is 0 Å². The van der Waals surface area contributed by atoms with E-state index in [4.69, 9.17) is 10.8 Å². The fourth-order valence-electron chi connectivity index (χ4n) is 3.25. The summed E-state index contributed by atoms with van der Waals surface area (Å²) in [4.78, 5) is 72.8. The molecule has 0 fully saturated rings. The molecule has 3 aromatic rings. The molecule has 6 N–H and O–H groups in total. The number of aromatic amines is 1. The summed E-state index contributed by atoms with van der Waals surface area (Å²) in [5, 5.41) is 21.0. The van der Waals surface area contributed by atoms with Crippen LogP contribution in [0.25, 0.3) is 11.2 Å². The Labute approximate surface area is 209 Å². The van der Waals surface area contributed by atoms with Crippen LogP contribution in [0.1, 0.15) is 28.9 Å². The molecule has 1 aromatic carbocycles. The Kier molecular flexibility index (Phi) is 7.88. The summed E-state index contributed by atoms with van der Waals surface area (Å²) in [5.74, 6) is -7.97. The van der Waals surface area contributed by atoms with Crippen LogP contribution in [0.5, 0.6) is 0 Å². The zero-order valence-corrected chi connectivity index (χ0v) is 19.0. The van der Waals surface area contributed by atoms with Crippen molar-refractivity contribution in [2.45, 2.75) is 31.6 Å². The summed E-state index contributed by atoms with van der Waals surface area (Å²) in [5.41, 5.74) is 4.98. The smallest absolute Gasteiger partial charge is 0.471 e. The zero-order valence-electron chi connectivity index (χ0n) is 19.0. The van der Waals surface area contributed by atoms with Crippen molar-refractivity contribution in [2.75, 3.05) is 11.1 Å².